The molecule has 0 spiro atoms. The third-order valence-corrected chi connectivity index (χ3v) is 1.54. The van der Waals surface area contributed by atoms with E-state index in [4.69, 9.17) is 0 Å². The Bertz CT molecular complexity index is 350. The Balaban J connectivity index is 2.50. The summed E-state index contributed by atoms with van der Waals surface area (Å²) in [6, 6.07) is 9.43. The Hall–Kier alpha value is -1.20. The summed E-state index contributed by atoms with van der Waals surface area (Å²) in [5.74, 6) is 0. The average molecular weight is 184 g/mol. The molecule has 0 aliphatic carbocycles. The quantitative estimate of drug-likeness (QED) is 0.705. The summed E-state index contributed by atoms with van der Waals surface area (Å²) >= 11 is 0. The number of benzene rings is 1. The first-order valence-electron chi connectivity index (χ1n) is 3.36. The van der Waals surface area contributed by atoms with Gasteiger partial charge < -0.3 is 0 Å². The summed E-state index contributed by atoms with van der Waals surface area (Å²) in [6.45, 7) is 0.425. The molecule has 0 saturated carbocycles. The average Bonchev–Trinajstić information content (AvgIpc) is 2.05. The zero-order chi connectivity index (χ0) is 8.81. The number of hydrogen-bond acceptors (Lipinski definition) is 3. The van der Waals surface area contributed by atoms with Gasteiger partial charge in [-0.05, 0) is 5.56 Å². The van der Waals surface area contributed by atoms with Gasteiger partial charge in [0.15, 0.2) is 0 Å². The molecule has 0 unspecified atom stereocenters. The van der Waals surface area contributed by atoms with E-state index in [0.717, 1.165) is 5.56 Å². The fourth-order valence-electron chi connectivity index (χ4n) is 0.772. The number of hydrogen-bond donors (Lipinski definition) is 1. The number of nitrogens with zero attached hydrogens (tertiary/aromatic N) is 1. The van der Waals surface area contributed by atoms with Crippen molar-refractivity contribution < 1.29 is 8.42 Å². The van der Waals surface area contributed by atoms with Crippen molar-refractivity contribution in [3.63, 3.8) is 0 Å². The monoisotopic (exact) mass is 184 g/mol. The summed E-state index contributed by atoms with van der Waals surface area (Å²) < 4.78 is 23.0. The van der Waals surface area contributed by atoms with Gasteiger partial charge >= 0.3 is 10.5 Å². The molecule has 0 heterocycles. The van der Waals surface area contributed by atoms with E-state index in [1.54, 1.807) is 0 Å². The van der Waals surface area contributed by atoms with Crippen molar-refractivity contribution in [3.05, 3.63) is 35.9 Å². The molecule has 1 aromatic carbocycles. The molecule has 0 amide bonds. The Morgan fingerprint density at radius 2 is 1.92 bits per heavy atom. The van der Waals surface area contributed by atoms with Crippen LogP contribution < -0.4 is 5.43 Å². The summed E-state index contributed by atoms with van der Waals surface area (Å²) in [5.41, 5.74) is 3.41. The summed E-state index contributed by atoms with van der Waals surface area (Å²) in [7, 11) is -2.38. The number of rotatable bonds is 3. The van der Waals surface area contributed by atoms with Crippen molar-refractivity contribution in [2.75, 3.05) is 0 Å². The van der Waals surface area contributed by atoms with Crippen LogP contribution in [-0.4, -0.2) is 8.42 Å². The van der Waals surface area contributed by atoms with E-state index < -0.39 is 10.5 Å². The van der Waals surface area contributed by atoms with E-state index in [2.05, 4.69) is 9.90 Å². The highest BCUT2D eigenvalue weighted by atomic mass is 32.2. The highest BCUT2D eigenvalue weighted by molar-refractivity contribution is 7.61. The van der Waals surface area contributed by atoms with E-state index in [-0.39, 0.29) is 0 Å². The predicted octanol–water partition coefficient (Wildman–Crippen LogP) is 0.754. The van der Waals surface area contributed by atoms with Crippen LogP contribution in [0.5, 0.6) is 0 Å². The lowest BCUT2D eigenvalue weighted by Crippen LogP contribution is -2.03. The molecule has 1 aromatic rings. The van der Waals surface area contributed by atoms with Crippen LogP contribution in [0.1, 0.15) is 5.56 Å². The first-order valence-corrected chi connectivity index (χ1v) is 4.39. The van der Waals surface area contributed by atoms with Gasteiger partial charge in [0.05, 0.1) is 0 Å². The zero-order valence-electron chi connectivity index (χ0n) is 6.27. The molecule has 64 valence electrons. The van der Waals surface area contributed by atoms with Gasteiger partial charge in [-0.1, -0.05) is 34.8 Å². The molecule has 0 atom stereocenters. The Kier molecular flexibility index (Phi) is 3.43. The molecule has 0 aromatic heterocycles. The van der Waals surface area contributed by atoms with Gasteiger partial charge in [-0.3, -0.25) is 0 Å². The molecule has 1 rings (SSSR count). The van der Waals surface area contributed by atoms with Gasteiger partial charge in [-0.25, -0.2) is 0 Å². The van der Waals surface area contributed by atoms with Gasteiger partial charge in [-0.15, -0.1) is 0 Å². The van der Waals surface area contributed by atoms with Gasteiger partial charge in [-0.2, -0.15) is 13.8 Å². The van der Waals surface area contributed by atoms with Crippen LogP contribution in [-0.2, 0) is 17.0 Å². The number of nitrogens with one attached hydrogen (secondary N) is 1. The molecule has 0 fully saturated rings. The van der Waals surface area contributed by atoms with Gasteiger partial charge in [0, 0.05) is 6.54 Å². The van der Waals surface area contributed by atoms with Crippen molar-refractivity contribution >= 4 is 10.5 Å². The van der Waals surface area contributed by atoms with Crippen molar-refractivity contribution in [2.45, 2.75) is 6.54 Å². The first kappa shape index (κ1) is 8.89. The molecular weight excluding hydrogens is 176 g/mol. The summed E-state index contributed by atoms with van der Waals surface area (Å²) in [5, 5.41) is 0. The maximum Gasteiger partial charge on any atom is 0.327 e. The molecule has 0 radical (unpaired) electrons. The minimum absolute atomic E-state index is 0.425. The van der Waals surface area contributed by atoms with Crippen molar-refractivity contribution in [1.29, 1.82) is 0 Å². The van der Waals surface area contributed by atoms with Crippen molar-refractivity contribution in [3.8, 4) is 0 Å². The Morgan fingerprint density at radius 3 is 2.50 bits per heavy atom. The third-order valence-electron chi connectivity index (χ3n) is 1.27. The van der Waals surface area contributed by atoms with Crippen LogP contribution in [0.2, 0.25) is 0 Å². The Morgan fingerprint density at radius 1 is 1.25 bits per heavy atom. The lowest BCUT2D eigenvalue weighted by molar-refractivity contribution is 0.612. The molecule has 1 N–H and O–H groups in total. The molecule has 5 heteroatoms. The normalized spacial score (nSPS) is 9.33. The summed E-state index contributed by atoms with van der Waals surface area (Å²) in [6.07, 6.45) is 0. The van der Waals surface area contributed by atoms with E-state index >= 15 is 0 Å². The fourth-order valence-corrected chi connectivity index (χ4v) is 0.942. The molecule has 0 aliphatic heterocycles. The minimum Gasteiger partial charge on any atom is -0.194 e. The van der Waals surface area contributed by atoms with Crippen LogP contribution in [0.25, 0.3) is 0 Å². The molecule has 0 aliphatic rings. The molecule has 0 saturated heterocycles. The van der Waals surface area contributed by atoms with E-state index in [0.29, 0.717) is 6.54 Å². The lowest BCUT2D eigenvalue weighted by atomic mass is 10.2. The van der Waals surface area contributed by atoms with Gasteiger partial charge in [0.1, 0.15) is 0 Å². The maximum atomic E-state index is 9.96. The topological polar surface area (TPSA) is 58.5 Å². The highest BCUT2D eigenvalue weighted by Crippen LogP contribution is 1.96. The summed E-state index contributed by atoms with van der Waals surface area (Å²) in [4.78, 5) is 0. The van der Waals surface area contributed by atoms with Crippen LogP contribution in [0.15, 0.2) is 34.8 Å². The highest BCUT2D eigenvalue weighted by Gasteiger charge is 1.87. The van der Waals surface area contributed by atoms with E-state index in [1.807, 2.05) is 30.3 Å². The molecule has 0 bridgehead atoms. The Labute approximate surface area is 71.9 Å². The second-order valence-corrected chi connectivity index (χ2v) is 2.75. The van der Waals surface area contributed by atoms with Crippen LogP contribution >= 0.6 is 0 Å². The third kappa shape index (κ3) is 3.27. The van der Waals surface area contributed by atoms with E-state index in [1.165, 1.54) is 0 Å². The smallest absolute Gasteiger partial charge is 0.194 e. The van der Waals surface area contributed by atoms with Gasteiger partial charge in [0.2, 0.25) is 0 Å². The maximum absolute atomic E-state index is 9.96. The lowest BCUT2D eigenvalue weighted by Gasteiger charge is -1.95. The molecular formula is C7H8N2O2S. The second kappa shape index (κ2) is 4.63. The fraction of sp³-hybridized carbons (Fsp3) is 0.143. The molecule has 4 nitrogen and oxygen atoms in total. The minimum atomic E-state index is -2.38. The van der Waals surface area contributed by atoms with Crippen LogP contribution in [0.3, 0.4) is 0 Å². The van der Waals surface area contributed by atoms with Crippen LogP contribution in [0, 0.1) is 0 Å². The predicted molar refractivity (Wildman–Crippen MR) is 44.6 cm³/mol. The van der Waals surface area contributed by atoms with Crippen molar-refractivity contribution in [2.24, 2.45) is 4.47 Å². The molecule has 12 heavy (non-hydrogen) atoms. The van der Waals surface area contributed by atoms with Crippen molar-refractivity contribution in [1.82, 2.24) is 5.43 Å². The first-order chi connectivity index (χ1) is 5.79. The van der Waals surface area contributed by atoms with E-state index in [9.17, 15) is 8.42 Å². The zero-order valence-corrected chi connectivity index (χ0v) is 7.08. The standard InChI is InChI=1S/C7H8N2O2S/c10-12(11)9-8-6-7-4-2-1-3-5-7/h1-5,8H,6H2. The second-order valence-electron chi connectivity index (χ2n) is 2.13. The SMILES string of the molecule is O=S(=O)=NNCc1ccccc1. The largest absolute Gasteiger partial charge is 0.327 e. The van der Waals surface area contributed by atoms with Crippen LogP contribution in [0.4, 0.5) is 0 Å². The van der Waals surface area contributed by atoms with Gasteiger partial charge in [0.25, 0.3) is 0 Å².